The average molecular weight is 247 g/mol. The van der Waals surface area contributed by atoms with Gasteiger partial charge >= 0.3 is 12.1 Å². The smallest absolute Gasteiger partial charge is 0.392 e. The van der Waals surface area contributed by atoms with Crippen LogP contribution in [0, 0.1) is 5.92 Å². The lowest BCUT2D eigenvalue weighted by Gasteiger charge is -2.04. The van der Waals surface area contributed by atoms with Crippen LogP contribution in [0.1, 0.15) is 25.8 Å². The summed E-state index contributed by atoms with van der Waals surface area (Å²) >= 11 is 0. The first-order valence-corrected chi connectivity index (χ1v) is 6.11. The molecule has 0 aromatic heterocycles. The summed E-state index contributed by atoms with van der Waals surface area (Å²) in [4.78, 5) is 15.7. The Hall–Kier alpha value is -1.84. The fraction of sp³-hybridized carbons (Fsp3) is 0.429. The Kier molecular flexibility index (Phi) is 3.97. The van der Waals surface area contributed by atoms with Crippen LogP contribution in [0.15, 0.2) is 35.3 Å². The lowest BCUT2D eigenvalue weighted by molar-refractivity contribution is -0.136. The average Bonchev–Trinajstić information content (AvgIpc) is 2.68. The lowest BCUT2D eigenvalue weighted by atomic mass is 10.1. The van der Waals surface area contributed by atoms with E-state index in [9.17, 15) is 4.79 Å². The highest BCUT2D eigenvalue weighted by molar-refractivity contribution is 5.93. The maximum Gasteiger partial charge on any atom is 0.392 e. The van der Waals surface area contributed by atoms with Gasteiger partial charge in [-0.1, -0.05) is 44.2 Å². The quantitative estimate of drug-likeness (QED) is 0.768. The molecule has 0 fully saturated rings. The first-order chi connectivity index (χ1) is 8.65. The highest BCUT2D eigenvalue weighted by Crippen LogP contribution is 2.16. The van der Waals surface area contributed by atoms with Crippen molar-refractivity contribution in [3.8, 4) is 0 Å². The molecular formula is C14H17NO3. The third kappa shape index (κ3) is 3.32. The van der Waals surface area contributed by atoms with Crippen LogP contribution < -0.4 is 0 Å². The Balaban J connectivity index is 1.89. The highest BCUT2D eigenvalue weighted by Gasteiger charge is 2.30. The molecule has 0 amide bonds. The minimum Gasteiger partial charge on any atom is -0.445 e. The summed E-state index contributed by atoms with van der Waals surface area (Å²) in [5, 5.41) is 0. The maximum atomic E-state index is 11.5. The normalized spacial score (nSPS) is 18.7. The number of hydrogen-bond acceptors (Lipinski definition) is 4. The second-order valence-corrected chi connectivity index (χ2v) is 4.74. The molecule has 0 unspecified atom stereocenters. The summed E-state index contributed by atoms with van der Waals surface area (Å²) in [6.07, 6.45) is 0.784. The van der Waals surface area contributed by atoms with Crippen LogP contribution in [-0.4, -0.2) is 18.1 Å². The van der Waals surface area contributed by atoms with Crippen LogP contribution in [0.3, 0.4) is 0 Å². The number of aliphatic imine (C=N–C) groups is 1. The molecule has 0 radical (unpaired) electrons. The molecule has 1 aliphatic heterocycles. The molecule has 0 saturated carbocycles. The molecule has 1 heterocycles. The Morgan fingerprint density at radius 1 is 1.33 bits per heavy atom. The van der Waals surface area contributed by atoms with E-state index in [4.69, 9.17) is 9.47 Å². The number of rotatable bonds is 4. The number of nitrogens with zero attached hydrogens (tertiary/aromatic N) is 1. The van der Waals surface area contributed by atoms with Gasteiger partial charge < -0.3 is 9.47 Å². The summed E-state index contributed by atoms with van der Waals surface area (Å²) in [6, 6.07) is 9.29. The number of carbonyl (C=O) groups is 1. The molecular weight excluding hydrogens is 230 g/mol. The van der Waals surface area contributed by atoms with Gasteiger partial charge in [0.1, 0.15) is 6.61 Å². The maximum absolute atomic E-state index is 11.5. The van der Waals surface area contributed by atoms with Gasteiger partial charge in [-0.25, -0.2) is 9.79 Å². The van der Waals surface area contributed by atoms with Crippen LogP contribution in [0.25, 0.3) is 0 Å². The van der Waals surface area contributed by atoms with Gasteiger partial charge in [-0.05, 0) is 17.9 Å². The molecule has 0 N–H and O–H groups in total. The van der Waals surface area contributed by atoms with E-state index in [1.54, 1.807) is 0 Å². The highest BCUT2D eigenvalue weighted by atomic mass is 16.7. The van der Waals surface area contributed by atoms with E-state index in [1.807, 2.05) is 44.2 Å². The van der Waals surface area contributed by atoms with E-state index >= 15 is 0 Å². The van der Waals surface area contributed by atoms with Crippen molar-refractivity contribution in [1.82, 2.24) is 0 Å². The predicted octanol–water partition coefficient (Wildman–Crippen LogP) is 2.53. The van der Waals surface area contributed by atoms with E-state index in [2.05, 4.69) is 4.99 Å². The van der Waals surface area contributed by atoms with Crippen molar-refractivity contribution in [2.24, 2.45) is 10.9 Å². The molecule has 18 heavy (non-hydrogen) atoms. The molecule has 96 valence electrons. The van der Waals surface area contributed by atoms with Crippen LogP contribution >= 0.6 is 0 Å². The lowest BCUT2D eigenvalue weighted by Crippen LogP contribution is -2.17. The molecule has 0 bridgehead atoms. The fourth-order valence-electron chi connectivity index (χ4n) is 1.74. The molecule has 2 rings (SSSR count). The molecule has 0 saturated heterocycles. The second kappa shape index (κ2) is 5.67. The largest absolute Gasteiger partial charge is 0.445 e. The van der Waals surface area contributed by atoms with Crippen LogP contribution in [0.4, 0.5) is 0 Å². The summed E-state index contributed by atoms with van der Waals surface area (Å²) in [5.74, 6) is 0.0894. The molecule has 4 heteroatoms. The zero-order valence-corrected chi connectivity index (χ0v) is 10.6. The number of benzene rings is 1. The predicted molar refractivity (Wildman–Crippen MR) is 68.0 cm³/mol. The van der Waals surface area contributed by atoms with Crippen LogP contribution in [-0.2, 0) is 20.9 Å². The van der Waals surface area contributed by atoms with E-state index in [0.29, 0.717) is 18.9 Å². The number of carbonyl (C=O) groups excluding carboxylic acids is 1. The first-order valence-electron chi connectivity index (χ1n) is 6.11. The summed E-state index contributed by atoms with van der Waals surface area (Å²) < 4.78 is 10.4. The van der Waals surface area contributed by atoms with Gasteiger partial charge in [0.15, 0.2) is 6.04 Å². The van der Waals surface area contributed by atoms with Gasteiger partial charge in [-0.15, -0.1) is 0 Å². The van der Waals surface area contributed by atoms with Crippen molar-refractivity contribution >= 4 is 12.1 Å². The van der Waals surface area contributed by atoms with Gasteiger partial charge in [-0.2, -0.15) is 0 Å². The van der Waals surface area contributed by atoms with Crippen LogP contribution in [0.2, 0.25) is 0 Å². The molecule has 1 aliphatic rings. The van der Waals surface area contributed by atoms with Crippen LogP contribution in [0.5, 0.6) is 0 Å². The summed E-state index contributed by atoms with van der Waals surface area (Å²) in [6.45, 7) is 4.46. The molecule has 4 nitrogen and oxygen atoms in total. The van der Waals surface area contributed by atoms with Crippen molar-refractivity contribution in [2.75, 3.05) is 0 Å². The Labute approximate surface area is 107 Å². The van der Waals surface area contributed by atoms with Gasteiger partial charge in [0, 0.05) is 0 Å². The standard InChI is InChI=1S/C14H17NO3/c1-10(2)8-12-13(16)18-14(15-12)17-9-11-6-4-3-5-7-11/h3-7,10,12H,8-9H2,1-2H3/t12-/m0/s1. The van der Waals surface area contributed by atoms with Gasteiger partial charge in [0.2, 0.25) is 0 Å². The second-order valence-electron chi connectivity index (χ2n) is 4.74. The summed E-state index contributed by atoms with van der Waals surface area (Å²) in [7, 11) is 0. The minimum atomic E-state index is -0.407. The first kappa shape index (κ1) is 12.6. The molecule has 0 spiro atoms. The third-order valence-corrected chi connectivity index (χ3v) is 2.62. The van der Waals surface area contributed by atoms with Gasteiger partial charge in [0.05, 0.1) is 0 Å². The molecule has 1 aromatic rings. The number of ether oxygens (including phenoxy) is 2. The van der Waals surface area contributed by atoms with E-state index in [0.717, 1.165) is 5.56 Å². The number of cyclic esters (lactones) is 1. The zero-order chi connectivity index (χ0) is 13.0. The number of hydrogen-bond donors (Lipinski definition) is 0. The SMILES string of the molecule is CC(C)C[C@@H]1N=C(OCc2ccccc2)OC1=O. The minimum absolute atomic E-state index is 0.0921. The van der Waals surface area contributed by atoms with E-state index in [1.165, 1.54) is 0 Å². The monoisotopic (exact) mass is 247 g/mol. The Morgan fingerprint density at radius 3 is 2.72 bits per heavy atom. The zero-order valence-electron chi connectivity index (χ0n) is 10.6. The van der Waals surface area contributed by atoms with Crippen molar-refractivity contribution in [3.63, 3.8) is 0 Å². The van der Waals surface area contributed by atoms with Crippen molar-refractivity contribution < 1.29 is 14.3 Å². The number of esters is 1. The van der Waals surface area contributed by atoms with Gasteiger partial charge in [0.25, 0.3) is 0 Å². The van der Waals surface area contributed by atoms with Gasteiger partial charge in [-0.3, -0.25) is 0 Å². The van der Waals surface area contributed by atoms with Crippen molar-refractivity contribution in [2.45, 2.75) is 32.9 Å². The van der Waals surface area contributed by atoms with Crippen molar-refractivity contribution in [3.05, 3.63) is 35.9 Å². The van der Waals surface area contributed by atoms with E-state index < -0.39 is 6.04 Å². The topological polar surface area (TPSA) is 47.9 Å². The molecule has 1 atom stereocenters. The molecule has 1 aromatic carbocycles. The Bertz CT molecular complexity index is 440. The van der Waals surface area contributed by atoms with Crippen molar-refractivity contribution in [1.29, 1.82) is 0 Å². The summed E-state index contributed by atoms with van der Waals surface area (Å²) in [5.41, 5.74) is 1.02. The fourth-order valence-corrected chi connectivity index (χ4v) is 1.74. The Morgan fingerprint density at radius 2 is 2.06 bits per heavy atom. The van der Waals surface area contributed by atoms with E-state index in [-0.39, 0.29) is 12.1 Å². The molecule has 0 aliphatic carbocycles. The third-order valence-electron chi connectivity index (χ3n) is 2.62.